The molecule has 0 amide bonds. The Balaban J connectivity index is 1.74. The van der Waals surface area contributed by atoms with E-state index in [4.69, 9.17) is 55.9 Å². The summed E-state index contributed by atoms with van der Waals surface area (Å²) >= 11 is 24.2. The van der Waals surface area contributed by atoms with E-state index in [1.165, 1.54) is 0 Å². The maximum Gasteiger partial charge on any atom is 0.185 e. The molecule has 0 N–H and O–H groups in total. The van der Waals surface area contributed by atoms with Gasteiger partial charge in [0.25, 0.3) is 0 Å². The van der Waals surface area contributed by atoms with E-state index in [2.05, 4.69) is 0 Å². The van der Waals surface area contributed by atoms with E-state index in [1.807, 2.05) is 12.1 Å². The van der Waals surface area contributed by atoms with E-state index >= 15 is 0 Å². The lowest BCUT2D eigenvalue weighted by Crippen LogP contribution is -2.38. The number of halogens is 4. The minimum atomic E-state index is -0.835. The maximum atomic E-state index is 13.2. The molecule has 1 heterocycles. The number of benzene rings is 2. The number of ether oxygens (including phenoxy) is 2. The second kappa shape index (κ2) is 8.43. The first kappa shape index (κ1) is 20.9. The third-order valence-electron chi connectivity index (χ3n) is 4.89. The fourth-order valence-corrected chi connectivity index (χ4v) is 4.16. The lowest BCUT2D eigenvalue weighted by atomic mass is 9.82. The first-order valence-electron chi connectivity index (χ1n) is 8.99. The third kappa shape index (κ3) is 4.56. The lowest BCUT2D eigenvalue weighted by molar-refractivity contribution is -0.161. The molecule has 0 aromatic heterocycles. The third-order valence-corrected chi connectivity index (χ3v) is 6.36. The van der Waals surface area contributed by atoms with Crippen LogP contribution < -0.4 is 0 Å². The summed E-state index contributed by atoms with van der Waals surface area (Å²) in [5.74, 6) is -0.898. The molecule has 1 spiro atoms. The number of carbonyl (C=O) groups excluding carboxylic acids is 1. The molecule has 2 aromatic rings. The summed E-state index contributed by atoms with van der Waals surface area (Å²) in [5, 5.41) is 1.78. The Labute approximate surface area is 188 Å². The lowest BCUT2D eigenvalue weighted by Gasteiger charge is -2.33. The molecule has 1 saturated carbocycles. The van der Waals surface area contributed by atoms with Gasteiger partial charge in [0.05, 0.1) is 33.3 Å². The molecule has 4 rings (SSSR count). The van der Waals surface area contributed by atoms with E-state index < -0.39 is 5.79 Å². The highest BCUT2D eigenvalue weighted by Crippen LogP contribution is 2.41. The first-order chi connectivity index (χ1) is 13.8. The van der Waals surface area contributed by atoms with Crippen LogP contribution in [-0.2, 0) is 14.3 Å². The molecule has 2 aliphatic rings. The van der Waals surface area contributed by atoms with Crippen LogP contribution in [0.15, 0.2) is 47.5 Å². The highest BCUT2D eigenvalue weighted by Gasteiger charge is 2.44. The molecule has 150 valence electrons. The summed E-state index contributed by atoms with van der Waals surface area (Å²) in [7, 11) is 0. The van der Waals surface area contributed by atoms with Crippen LogP contribution in [0.3, 0.4) is 0 Å². The zero-order valence-corrected chi connectivity index (χ0v) is 18.2. The van der Waals surface area contributed by atoms with Crippen LogP contribution in [0.4, 0.5) is 0 Å². The quantitative estimate of drug-likeness (QED) is 0.450. The number of hydrogen-bond donors (Lipinski definition) is 0. The molecular formula is C22H16Cl4O3. The standard InChI is InChI=1S/C22H16Cl4O3/c23-17-3-1-13(9-19(17)25)7-15-11-22(28-5-6-29-22)12-16(21(15)27)8-14-2-4-18(24)20(26)10-14/h1-4,7-10H,5-6,11-12H2/b15-7+,16-8+. The fourth-order valence-electron chi connectivity index (χ4n) is 3.55. The predicted octanol–water partition coefficient (Wildman–Crippen LogP) is 6.87. The van der Waals surface area contributed by atoms with Gasteiger partial charge in [-0.1, -0.05) is 58.5 Å². The highest BCUT2D eigenvalue weighted by molar-refractivity contribution is 6.42. The second-order valence-electron chi connectivity index (χ2n) is 6.98. The van der Waals surface area contributed by atoms with Gasteiger partial charge in [0.1, 0.15) is 0 Å². The van der Waals surface area contributed by atoms with Crippen LogP contribution in [0.1, 0.15) is 24.0 Å². The molecule has 0 radical (unpaired) electrons. The molecule has 1 saturated heterocycles. The molecular weight excluding hydrogens is 454 g/mol. The Morgan fingerprint density at radius 3 is 1.59 bits per heavy atom. The van der Waals surface area contributed by atoms with Crippen LogP contribution in [0.5, 0.6) is 0 Å². The van der Waals surface area contributed by atoms with Gasteiger partial charge < -0.3 is 9.47 Å². The molecule has 0 atom stereocenters. The van der Waals surface area contributed by atoms with Crippen LogP contribution in [0.25, 0.3) is 12.2 Å². The van der Waals surface area contributed by atoms with Gasteiger partial charge in [-0.2, -0.15) is 0 Å². The molecule has 1 aliphatic heterocycles. The summed E-state index contributed by atoms with van der Waals surface area (Å²) < 4.78 is 11.8. The van der Waals surface area contributed by atoms with Gasteiger partial charge >= 0.3 is 0 Å². The zero-order valence-electron chi connectivity index (χ0n) is 15.2. The van der Waals surface area contributed by atoms with Crippen molar-refractivity contribution in [2.45, 2.75) is 18.6 Å². The highest BCUT2D eigenvalue weighted by atomic mass is 35.5. The van der Waals surface area contributed by atoms with Gasteiger partial charge in [-0.05, 0) is 47.5 Å². The Morgan fingerprint density at radius 2 is 1.17 bits per heavy atom. The van der Waals surface area contributed by atoms with E-state index in [9.17, 15) is 4.79 Å². The maximum absolute atomic E-state index is 13.2. The number of carbonyl (C=O) groups is 1. The van der Waals surface area contributed by atoms with E-state index in [1.54, 1.807) is 36.4 Å². The summed E-state index contributed by atoms with van der Waals surface area (Å²) in [5.41, 5.74) is 2.74. The molecule has 0 bridgehead atoms. The van der Waals surface area contributed by atoms with Crippen molar-refractivity contribution in [1.29, 1.82) is 0 Å². The van der Waals surface area contributed by atoms with Crippen LogP contribution in [0.2, 0.25) is 20.1 Å². The number of ketones is 1. The van der Waals surface area contributed by atoms with Crippen LogP contribution >= 0.6 is 46.4 Å². The summed E-state index contributed by atoms with van der Waals surface area (Å²) in [6.07, 6.45) is 4.34. The molecule has 7 heteroatoms. The van der Waals surface area contributed by atoms with Crippen LogP contribution in [0, 0.1) is 0 Å². The van der Waals surface area contributed by atoms with Crippen LogP contribution in [-0.4, -0.2) is 24.8 Å². The van der Waals surface area contributed by atoms with Gasteiger partial charge in [0.2, 0.25) is 0 Å². The zero-order chi connectivity index (χ0) is 20.6. The smallest absolute Gasteiger partial charge is 0.185 e. The molecule has 2 fully saturated rings. The summed E-state index contributed by atoms with van der Waals surface area (Å²) in [4.78, 5) is 13.2. The Hall–Kier alpha value is -1.33. The Kier molecular flexibility index (Phi) is 6.08. The van der Waals surface area contributed by atoms with Crippen molar-refractivity contribution < 1.29 is 14.3 Å². The largest absolute Gasteiger partial charge is 0.347 e. The van der Waals surface area contributed by atoms with Crippen molar-refractivity contribution in [2.75, 3.05) is 13.2 Å². The molecule has 1 aliphatic carbocycles. The molecule has 2 aromatic carbocycles. The van der Waals surface area contributed by atoms with Crippen molar-refractivity contribution in [3.8, 4) is 0 Å². The van der Waals surface area contributed by atoms with Gasteiger partial charge in [-0.25, -0.2) is 0 Å². The monoisotopic (exact) mass is 468 g/mol. The average molecular weight is 470 g/mol. The average Bonchev–Trinajstić information content (AvgIpc) is 3.13. The summed E-state index contributed by atoms with van der Waals surface area (Å²) in [6.45, 7) is 0.989. The topological polar surface area (TPSA) is 35.5 Å². The van der Waals surface area contributed by atoms with Crippen molar-refractivity contribution in [2.24, 2.45) is 0 Å². The second-order valence-corrected chi connectivity index (χ2v) is 8.61. The number of rotatable bonds is 2. The molecule has 29 heavy (non-hydrogen) atoms. The van der Waals surface area contributed by atoms with Crippen molar-refractivity contribution in [3.63, 3.8) is 0 Å². The van der Waals surface area contributed by atoms with Crippen molar-refractivity contribution in [1.82, 2.24) is 0 Å². The van der Waals surface area contributed by atoms with Gasteiger partial charge in [-0.3, -0.25) is 4.79 Å². The van der Waals surface area contributed by atoms with Gasteiger partial charge in [0.15, 0.2) is 11.6 Å². The first-order valence-corrected chi connectivity index (χ1v) is 10.5. The molecule has 0 unspecified atom stereocenters. The number of Topliss-reactive ketones (excluding diaryl/α,β-unsaturated/α-hetero) is 1. The van der Waals surface area contributed by atoms with Crippen molar-refractivity contribution in [3.05, 3.63) is 78.8 Å². The number of hydrogen-bond acceptors (Lipinski definition) is 3. The minimum absolute atomic E-state index is 0.0631. The summed E-state index contributed by atoms with van der Waals surface area (Å²) in [6, 6.07) is 10.5. The SMILES string of the molecule is O=C1/C(=C/c2ccc(Cl)c(Cl)c2)CC2(C/C1=C\c1ccc(Cl)c(Cl)c1)OCCO2. The Bertz CT molecular complexity index is 961. The van der Waals surface area contributed by atoms with Gasteiger partial charge in [0, 0.05) is 24.0 Å². The fraction of sp³-hybridized carbons (Fsp3) is 0.227. The van der Waals surface area contributed by atoms with E-state index in [0.29, 0.717) is 57.3 Å². The van der Waals surface area contributed by atoms with Crippen molar-refractivity contribution >= 4 is 64.3 Å². The van der Waals surface area contributed by atoms with Gasteiger partial charge in [-0.15, -0.1) is 0 Å². The normalized spacial score (nSPS) is 21.4. The Morgan fingerprint density at radius 1 is 0.724 bits per heavy atom. The molecule has 3 nitrogen and oxygen atoms in total. The van der Waals surface area contributed by atoms with E-state index in [0.717, 1.165) is 11.1 Å². The van der Waals surface area contributed by atoms with E-state index in [-0.39, 0.29) is 5.78 Å². The minimum Gasteiger partial charge on any atom is -0.347 e. The predicted molar refractivity (Wildman–Crippen MR) is 118 cm³/mol.